The standard InChI is InChI=1S/C12H22N4OS/c1-5-13-10-8-12(16(2)6-7-18-4)15-11(14-10)9-17-3/h8H,5-7,9H2,1-4H3,(H,13,14,15). The van der Waals surface area contributed by atoms with Gasteiger partial charge >= 0.3 is 0 Å². The largest absolute Gasteiger partial charge is 0.377 e. The molecule has 0 aliphatic carbocycles. The van der Waals surface area contributed by atoms with E-state index in [-0.39, 0.29) is 0 Å². The zero-order valence-electron chi connectivity index (χ0n) is 11.6. The van der Waals surface area contributed by atoms with Crippen LogP contribution in [0.3, 0.4) is 0 Å². The molecule has 6 heteroatoms. The number of nitrogens with zero attached hydrogens (tertiary/aromatic N) is 3. The molecule has 1 heterocycles. The van der Waals surface area contributed by atoms with Crippen molar-refractivity contribution < 1.29 is 4.74 Å². The molecule has 5 nitrogen and oxygen atoms in total. The molecule has 1 aromatic heterocycles. The van der Waals surface area contributed by atoms with E-state index in [1.165, 1.54) is 0 Å². The summed E-state index contributed by atoms with van der Waals surface area (Å²) in [6, 6.07) is 1.98. The number of anilines is 2. The molecular weight excluding hydrogens is 248 g/mol. The molecule has 0 saturated heterocycles. The Morgan fingerprint density at radius 2 is 2.22 bits per heavy atom. The van der Waals surface area contributed by atoms with E-state index < -0.39 is 0 Å². The van der Waals surface area contributed by atoms with Gasteiger partial charge in [0.05, 0.1) is 0 Å². The summed E-state index contributed by atoms with van der Waals surface area (Å²) in [5.41, 5.74) is 0. The van der Waals surface area contributed by atoms with Crippen molar-refractivity contribution in [3.63, 3.8) is 0 Å². The summed E-state index contributed by atoms with van der Waals surface area (Å²) < 4.78 is 5.10. The van der Waals surface area contributed by atoms with Crippen LogP contribution in [0.4, 0.5) is 11.6 Å². The van der Waals surface area contributed by atoms with Crippen molar-refractivity contribution >= 4 is 23.4 Å². The van der Waals surface area contributed by atoms with Crippen LogP contribution in [-0.2, 0) is 11.3 Å². The lowest BCUT2D eigenvalue weighted by Crippen LogP contribution is -2.22. The SMILES string of the molecule is CCNc1cc(N(C)CCSC)nc(COC)n1. The molecule has 1 aromatic rings. The molecule has 0 atom stereocenters. The smallest absolute Gasteiger partial charge is 0.158 e. The summed E-state index contributed by atoms with van der Waals surface area (Å²) >= 11 is 1.83. The Morgan fingerprint density at radius 1 is 1.44 bits per heavy atom. The van der Waals surface area contributed by atoms with Crippen LogP contribution in [0.5, 0.6) is 0 Å². The first-order valence-corrected chi connectivity index (χ1v) is 7.41. The fourth-order valence-electron chi connectivity index (χ4n) is 1.49. The zero-order chi connectivity index (χ0) is 13.4. The summed E-state index contributed by atoms with van der Waals surface area (Å²) in [5.74, 6) is 3.57. The van der Waals surface area contributed by atoms with Gasteiger partial charge in [0.15, 0.2) is 5.82 Å². The van der Waals surface area contributed by atoms with Gasteiger partial charge in [-0.25, -0.2) is 9.97 Å². The Morgan fingerprint density at radius 3 is 2.83 bits per heavy atom. The molecule has 0 saturated carbocycles. The van der Waals surface area contributed by atoms with Crippen molar-refractivity contribution in [2.45, 2.75) is 13.5 Å². The minimum atomic E-state index is 0.433. The monoisotopic (exact) mass is 270 g/mol. The van der Waals surface area contributed by atoms with Crippen LogP contribution in [0.1, 0.15) is 12.7 Å². The molecule has 0 aliphatic rings. The van der Waals surface area contributed by atoms with E-state index in [1.807, 2.05) is 24.9 Å². The second-order valence-corrected chi connectivity index (χ2v) is 4.89. The molecule has 102 valence electrons. The molecule has 0 aliphatic heterocycles. The number of hydrogen-bond donors (Lipinski definition) is 1. The predicted octanol–water partition coefficient (Wildman–Crippen LogP) is 1.85. The van der Waals surface area contributed by atoms with E-state index in [4.69, 9.17) is 4.74 Å². The molecule has 18 heavy (non-hydrogen) atoms. The number of methoxy groups -OCH3 is 1. The average molecular weight is 270 g/mol. The predicted molar refractivity (Wildman–Crippen MR) is 78.6 cm³/mol. The van der Waals surface area contributed by atoms with Crippen LogP contribution in [0.2, 0.25) is 0 Å². The third-order valence-corrected chi connectivity index (χ3v) is 3.00. The molecule has 0 aromatic carbocycles. The van der Waals surface area contributed by atoms with Gasteiger partial charge in [0.2, 0.25) is 0 Å². The maximum Gasteiger partial charge on any atom is 0.158 e. The normalized spacial score (nSPS) is 10.4. The van der Waals surface area contributed by atoms with Crippen LogP contribution >= 0.6 is 11.8 Å². The van der Waals surface area contributed by atoms with E-state index in [9.17, 15) is 0 Å². The summed E-state index contributed by atoms with van der Waals surface area (Å²) in [6.07, 6.45) is 2.11. The van der Waals surface area contributed by atoms with Gasteiger partial charge in [-0.1, -0.05) is 0 Å². The van der Waals surface area contributed by atoms with E-state index in [2.05, 4.69) is 33.4 Å². The summed E-state index contributed by atoms with van der Waals surface area (Å²) in [4.78, 5) is 11.0. The first-order valence-electron chi connectivity index (χ1n) is 6.02. The lowest BCUT2D eigenvalue weighted by molar-refractivity contribution is 0.178. The van der Waals surface area contributed by atoms with Gasteiger partial charge < -0.3 is 15.0 Å². The summed E-state index contributed by atoms with van der Waals surface area (Å²) in [6.45, 7) is 4.30. The van der Waals surface area contributed by atoms with Crippen molar-refractivity contribution in [3.05, 3.63) is 11.9 Å². The summed E-state index contributed by atoms with van der Waals surface area (Å²) in [5, 5.41) is 3.22. The van der Waals surface area contributed by atoms with Crippen LogP contribution in [-0.4, -0.2) is 49.2 Å². The highest BCUT2D eigenvalue weighted by atomic mass is 32.2. The molecular formula is C12H22N4OS. The molecule has 0 bridgehead atoms. The Bertz CT molecular complexity index is 338. The Kier molecular flexibility index (Phi) is 6.82. The topological polar surface area (TPSA) is 50.3 Å². The fourth-order valence-corrected chi connectivity index (χ4v) is 1.94. The lowest BCUT2D eigenvalue weighted by atomic mass is 10.4. The number of nitrogens with one attached hydrogen (secondary N) is 1. The van der Waals surface area contributed by atoms with Crippen LogP contribution in [0.15, 0.2) is 6.07 Å². The van der Waals surface area contributed by atoms with Crippen molar-refractivity contribution in [2.75, 3.05) is 49.5 Å². The van der Waals surface area contributed by atoms with Gasteiger partial charge in [0.25, 0.3) is 0 Å². The minimum absolute atomic E-state index is 0.433. The van der Waals surface area contributed by atoms with E-state index in [0.29, 0.717) is 12.4 Å². The molecule has 0 spiro atoms. The van der Waals surface area contributed by atoms with E-state index >= 15 is 0 Å². The first kappa shape index (κ1) is 15.0. The third kappa shape index (κ3) is 4.70. The van der Waals surface area contributed by atoms with Gasteiger partial charge in [-0.15, -0.1) is 0 Å². The molecule has 0 radical (unpaired) electrons. The van der Waals surface area contributed by atoms with Gasteiger partial charge in [-0.3, -0.25) is 0 Å². The molecule has 0 amide bonds. The molecule has 1 N–H and O–H groups in total. The molecule has 0 unspecified atom stereocenters. The van der Waals surface area contributed by atoms with Gasteiger partial charge in [0, 0.05) is 39.1 Å². The number of rotatable bonds is 8. The highest BCUT2D eigenvalue weighted by Crippen LogP contribution is 2.15. The second-order valence-electron chi connectivity index (χ2n) is 3.91. The van der Waals surface area contributed by atoms with E-state index in [1.54, 1.807) is 7.11 Å². The van der Waals surface area contributed by atoms with Crippen molar-refractivity contribution in [1.29, 1.82) is 0 Å². The minimum Gasteiger partial charge on any atom is -0.377 e. The quantitative estimate of drug-likeness (QED) is 0.778. The number of thioether (sulfide) groups is 1. The fraction of sp³-hybridized carbons (Fsp3) is 0.667. The second kappa shape index (κ2) is 8.16. The number of hydrogen-bond acceptors (Lipinski definition) is 6. The van der Waals surface area contributed by atoms with E-state index in [0.717, 1.165) is 30.5 Å². The Balaban J connectivity index is 2.87. The van der Waals surface area contributed by atoms with Crippen molar-refractivity contribution in [2.24, 2.45) is 0 Å². The maximum absolute atomic E-state index is 5.10. The lowest BCUT2D eigenvalue weighted by Gasteiger charge is -2.19. The molecule has 1 rings (SSSR count). The van der Waals surface area contributed by atoms with Crippen LogP contribution in [0, 0.1) is 0 Å². The van der Waals surface area contributed by atoms with Crippen LogP contribution < -0.4 is 10.2 Å². The highest BCUT2D eigenvalue weighted by Gasteiger charge is 2.08. The van der Waals surface area contributed by atoms with Gasteiger partial charge in [-0.2, -0.15) is 11.8 Å². The van der Waals surface area contributed by atoms with Crippen molar-refractivity contribution in [3.8, 4) is 0 Å². The Labute approximate surface area is 113 Å². The summed E-state index contributed by atoms with van der Waals surface area (Å²) in [7, 11) is 3.70. The Hall–Kier alpha value is -1.01. The number of ether oxygens (including phenoxy) is 1. The first-order chi connectivity index (χ1) is 8.71. The highest BCUT2D eigenvalue weighted by molar-refractivity contribution is 7.98. The third-order valence-electron chi connectivity index (χ3n) is 2.41. The maximum atomic E-state index is 5.10. The molecule has 0 fully saturated rings. The number of aromatic nitrogens is 2. The average Bonchev–Trinajstić information content (AvgIpc) is 2.36. The van der Waals surface area contributed by atoms with Gasteiger partial charge in [0.1, 0.15) is 18.2 Å². The zero-order valence-corrected chi connectivity index (χ0v) is 12.4. The van der Waals surface area contributed by atoms with Gasteiger partial charge in [-0.05, 0) is 13.2 Å². The van der Waals surface area contributed by atoms with Crippen LogP contribution in [0.25, 0.3) is 0 Å². The van der Waals surface area contributed by atoms with Crippen molar-refractivity contribution in [1.82, 2.24) is 9.97 Å².